The van der Waals surface area contributed by atoms with Gasteiger partial charge in [0.2, 0.25) is 0 Å². The topological polar surface area (TPSA) is 83.8 Å². The van der Waals surface area contributed by atoms with Gasteiger partial charge in [-0.25, -0.2) is 0 Å². The van der Waals surface area contributed by atoms with E-state index in [-0.39, 0.29) is 34.9 Å². The molecule has 0 aromatic carbocycles. The number of hydrogen-bond donors (Lipinski definition) is 2. The summed E-state index contributed by atoms with van der Waals surface area (Å²) < 4.78 is 6.21. The minimum Gasteiger partial charge on any atom is -0.481 e. The predicted molar refractivity (Wildman–Crippen MR) is 103 cm³/mol. The zero-order chi connectivity index (χ0) is 20.1. The maximum absolute atomic E-state index is 12.2. The van der Waals surface area contributed by atoms with Crippen molar-refractivity contribution in [3.8, 4) is 0 Å². The maximum Gasteiger partial charge on any atom is 0.309 e. The fourth-order valence-corrected chi connectivity index (χ4v) is 8.65. The normalized spacial score (nSPS) is 52.0. The molecule has 2 heterocycles. The van der Waals surface area contributed by atoms with Crippen LogP contribution in [0.25, 0.3) is 0 Å². The first-order valence-corrected chi connectivity index (χ1v) is 11.0. The first kappa shape index (κ1) is 18.7. The molecule has 8 atom stereocenters. The average Bonchev–Trinajstić information content (AvgIpc) is 3.20. The van der Waals surface area contributed by atoms with Crippen molar-refractivity contribution in [1.29, 1.82) is 0 Å². The minimum atomic E-state index is -0.730. The molecule has 1 saturated heterocycles. The second-order valence-electron chi connectivity index (χ2n) is 10.8. The van der Waals surface area contributed by atoms with E-state index in [0.717, 1.165) is 44.9 Å². The third-order valence-corrected chi connectivity index (χ3v) is 9.77. The largest absolute Gasteiger partial charge is 0.481 e. The van der Waals surface area contributed by atoms with E-state index >= 15 is 0 Å². The SMILES string of the molecule is CC1(C(=O)O)CCCC2(C)C1CCC1(C)C3=C(CCC12)C1OC3CC1C(=O)O. The molecule has 3 aliphatic carbocycles. The van der Waals surface area contributed by atoms with Crippen LogP contribution in [0.4, 0.5) is 0 Å². The van der Waals surface area contributed by atoms with Crippen LogP contribution in [0.1, 0.15) is 72.1 Å². The van der Waals surface area contributed by atoms with E-state index in [1.54, 1.807) is 0 Å². The lowest BCUT2D eigenvalue weighted by molar-refractivity contribution is -0.175. The van der Waals surface area contributed by atoms with Gasteiger partial charge in [0.25, 0.3) is 0 Å². The van der Waals surface area contributed by atoms with Crippen molar-refractivity contribution in [2.75, 3.05) is 0 Å². The van der Waals surface area contributed by atoms with Gasteiger partial charge in [-0.2, -0.15) is 0 Å². The number of rotatable bonds is 2. The van der Waals surface area contributed by atoms with Crippen LogP contribution in [0.15, 0.2) is 11.1 Å². The Labute approximate surface area is 166 Å². The van der Waals surface area contributed by atoms with Crippen LogP contribution in [-0.2, 0) is 14.3 Å². The van der Waals surface area contributed by atoms with Crippen LogP contribution in [0.3, 0.4) is 0 Å². The van der Waals surface area contributed by atoms with Gasteiger partial charge in [-0.1, -0.05) is 20.3 Å². The van der Waals surface area contributed by atoms with E-state index in [1.165, 1.54) is 11.1 Å². The van der Waals surface area contributed by atoms with Gasteiger partial charge in [-0.05, 0) is 85.7 Å². The summed E-state index contributed by atoms with van der Waals surface area (Å²) in [6.07, 6.45) is 7.13. The van der Waals surface area contributed by atoms with Crippen LogP contribution in [0, 0.1) is 34.0 Å². The highest BCUT2D eigenvalue weighted by molar-refractivity contribution is 5.75. The lowest BCUT2D eigenvalue weighted by Crippen LogP contribution is -2.59. The molecular weight excluding hydrogens is 356 g/mol. The molecule has 154 valence electrons. The highest BCUT2D eigenvalue weighted by Crippen LogP contribution is 2.70. The van der Waals surface area contributed by atoms with Gasteiger partial charge in [0.1, 0.15) is 0 Å². The number of carboxylic acid groups (broad SMARTS) is 2. The zero-order valence-corrected chi connectivity index (χ0v) is 17.2. The van der Waals surface area contributed by atoms with Crippen molar-refractivity contribution in [3.05, 3.63) is 11.1 Å². The summed E-state index contributed by atoms with van der Waals surface area (Å²) in [6.45, 7) is 6.71. The van der Waals surface area contributed by atoms with Crippen LogP contribution >= 0.6 is 0 Å². The molecule has 5 aliphatic rings. The highest BCUT2D eigenvalue weighted by atomic mass is 16.5. The maximum atomic E-state index is 12.2. The van der Waals surface area contributed by atoms with Gasteiger partial charge < -0.3 is 14.9 Å². The Morgan fingerprint density at radius 1 is 1.04 bits per heavy atom. The van der Waals surface area contributed by atoms with Gasteiger partial charge in [-0.3, -0.25) is 9.59 Å². The van der Waals surface area contributed by atoms with E-state index in [2.05, 4.69) is 13.8 Å². The van der Waals surface area contributed by atoms with Crippen LogP contribution in [-0.4, -0.2) is 34.4 Å². The van der Waals surface area contributed by atoms with Crippen molar-refractivity contribution in [2.45, 2.75) is 84.3 Å². The average molecular weight is 389 g/mol. The number of aliphatic carboxylic acids is 2. The summed E-state index contributed by atoms with van der Waals surface area (Å²) in [5.74, 6) is -1.07. The molecule has 0 aromatic heterocycles. The zero-order valence-electron chi connectivity index (χ0n) is 17.2. The minimum absolute atomic E-state index is 0.0263. The molecule has 2 bridgehead atoms. The third-order valence-electron chi connectivity index (χ3n) is 9.77. The second-order valence-corrected chi connectivity index (χ2v) is 10.8. The number of carboxylic acids is 2. The van der Waals surface area contributed by atoms with E-state index in [1.807, 2.05) is 6.92 Å². The molecule has 5 rings (SSSR count). The Balaban J connectivity index is 1.55. The lowest BCUT2D eigenvalue weighted by atomic mass is 9.39. The van der Waals surface area contributed by atoms with Crippen LogP contribution in [0.2, 0.25) is 0 Å². The van der Waals surface area contributed by atoms with Gasteiger partial charge >= 0.3 is 11.9 Å². The van der Waals surface area contributed by atoms with Gasteiger partial charge in [0, 0.05) is 0 Å². The molecule has 3 fully saturated rings. The molecule has 8 unspecified atom stereocenters. The molecule has 0 radical (unpaired) electrons. The Morgan fingerprint density at radius 3 is 2.46 bits per heavy atom. The Morgan fingerprint density at radius 2 is 1.79 bits per heavy atom. The van der Waals surface area contributed by atoms with Crippen LogP contribution < -0.4 is 0 Å². The Hall–Kier alpha value is -1.36. The first-order chi connectivity index (χ1) is 13.1. The summed E-state index contributed by atoms with van der Waals surface area (Å²) in [4.78, 5) is 23.9. The van der Waals surface area contributed by atoms with Crippen molar-refractivity contribution in [2.24, 2.45) is 34.0 Å². The van der Waals surface area contributed by atoms with E-state index < -0.39 is 17.4 Å². The fourth-order valence-electron chi connectivity index (χ4n) is 8.65. The summed E-state index contributed by atoms with van der Waals surface area (Å²) in [5, 5.41) is 19.6. The molecule has 5 nitrogen and oxygen atoms in total. The number of fused-ring (bicyclic) bond motifs is 8. The van der Waals surface area contributed by atoms with Crippen LogP contribution in [0.5, 0.6) is 0 Å². The number of hydrogen-bond acceptors (Lipinski definition) is 3. The number of ether oxygens (including phenoxy) is 1. The van der Waals surface area contributed by atoms with E-state index in [9.17, 15) is 19.8 Å². The summed E-state index contributed by atoms with van der Waals surface area (Å²) in [6, 6.07) is 0. The first-order valence-electron chi connectivity index (χ1n) is 11.0. The molecule has 0 amide bonds. The number of carbonyl (C=O) groups is 2. The van der Waals surface area contributed by atoms with E-state index in [0.29, 0.717) is 12.3 Å². The molecule has 2 aliphatic heterocycles. The second kappa shape index (κ2) is 5.62. The van der Waals surface area contributed by atoms with Crippen molar-refractivity contribution < 1.29 is 24.5 Å². The standard InChI is InChI=1S/C23H32O5/c1-21-8-4-9-23(3,20(26)27)16(21)7-10-22(2)15(21)6-5-12-17(22)14-11-13(19(24)25)18(12)28-14/h13-16,18H,4-11H2,1-3H3,(H,24,25)(H,26,27). The molecular formula is C23H32O5. The van der Waals surface area contributed by atoms with Crippen molar-refractivity contribution in [3.63, 3.8) is 0 Å². The molecule has 0 spiro atoms. The summed E-state index contributed by atoms with van der Waals surface area (Å²) in [7, 11) is 0. The highest BCUT2D eigenvalue weighted by Gasteiger charge is 2.66. The Kier molecular flexibility index (Phi) is 3.74. The van der Waals surface area contributed by atoms with Gasteiger partial charge in [-0.15, -0.1) is 0 Å². The van der Waals surface area contributed by atoms with Gasteiger partial charge in [0.05, 0.1) is 23.5 Å². The molecule has 5 heteroatoms. The smallest absolute Gasteiger partial charge is 0.309 e. The quantitative estimate of drug-likeness (QED) is 0.691. The molecule has 2 saturated carbocycles. The van der Waals surface area contributed by atoms with Crippen molar-refractivity contribution in [1.82, 2.24) is 0 Å². The molecule has 28 heavy (non-hydrogen) atoms. The van der Waals surface area contributed by atoms with Crippen molar-refractivity contribution >= 4 is 11.9 Å². The molecule has 2 N–H and O–H groups in total. The van der Waals surface area contributed by atoms with Gasteiger partial charge in [0.15, 0.2) is 0 Å². The monoisotopic (exact) mass is 388 g/mol. The summed E-state index contributed by atoms with van der Waals surface area (Å²) >= 11 is 0. The third kappa shape index (κ3) is 2.07. The lowest BCUT2D eigenvalue weighted by Gasteiger charge is -2.64. The summed E-state index contributed by atoms with van der Waals surface area (Å²) in [5.41, 5.74) is 2.13. The Bertz CT molecular complexity index is 786. The van der Waals surface area contributed by atoms with E-state index in [4.69, 9.17) is 4.74 Å². The predicted octanol–water partition coefficient (Wildman–Crippen LogP) is 4.26. The fraction of sp³-hybridized carbons (Fsp3) is 0.826. The molecule has 0 aromatic rings.